The number of aryl methyl sites for hydroxylation is 2. The minimum Gasteiger partial charge on any atom is -0.483 e. The highest BCUT2D eigenvalue weighted by atomic mass is 32.2. The van der Waals surface area contributed by atoms with Gasteiger partial charge in [-0.1, -0.05) is 30.0 Å². The fraction of sp³-hybridized carbons (Fsp3) is 0.259. The lowest BCUT2D eigenvalue weighted by molar-refractivity contribution is -0.113. The SMILES string of the molecule is COC(=O)c1c(-c2ccc(F)cc2)csc1NC(=O)CSc1nnc(C(C)Oc2ccc(C)c(C)c2)n1C. The van der Waals surface area contributed by atoms with Gasteiger partial charge in [0, 0.05) is 18.0 Å². The predicted molar refractivity (Wildman–Crippen MR) is 146 cm³/mol. The summed E-state index contributed by atoms with van der Waals surface area (Å²) in [5.41, 5.74) is 3.75. The molecule has 0 bridgehead atoms. The molecule has 2 heterocycles. The number of carbonyl (C=O) groups excluding carboxylic acids is 2. The molecular weight excluding hydrogens is 527 g/mol. The number of ether oxygens (including phenoxy) is 2. The van der Waals surface area contributed by atoms with Crippen molar-refractivity contribution in [2.75, 3.05) is 18.2 Å². The maximum absolute atomic E-state index is 13.4. The lowest BCUT2D eigenvalue weighted by Gasteiger charge is -2.15. The molecule has 4 rings (SSSR count). The number of carbonyl (C=O) groups is 2. The van der Waals surface area contributed by atoms with E-state index in [0.717, 1.165) is 11.3 Å². The molecule has 198 valence electrons. The zero-order chi connectivity index (χ0) is 27.4. The lowest BCUT2D eigenvalue weighted by atomic mass is 10.0. The van der Waals surface area contributed by atoms with Gasteiger partial charge in [-0.05, 0) is 61.7 Å². The predicted octanol–water partition coefficient (Wildman–Crippen LogP) is 5.96. The van der Waals surface area contributed by atoms with Gasteiger partial charge < -0.3 is 19.4 Å². The van der Waals surface area contributed by atoms with Gasteiger partial charge in [-0.2, -0.15) is 0 Å². The summed E-state index contributed by atoms with van der Waals surface area (Å²) in [6.07, 6.45) is -0.351. The lowest BCUT2D eigenvalue weighted by Crippen LogP contribution is -2.16. The van der Waals surface area contributed by atoms with Crippen molar-refractivity contribution in [3.05, 3.63) is 76.2 Å². The third-order valence-corrected chi connectivity index (χ3v) is 7.86. The van der Waals surface area contributed by atoms with Crippen LogP contribution < -0.4 is 10.1 Å². The van der Waals surface area contributed by atoms with Crippen molar-refractivity contribution in [2.24, 2.45) is 7.05 Å². The number of nitrogens with one attached hydrogen (secondary N) is 1. The Kier molecular flexibility index (Phi) is 8.48. The van der Waals surface area contributed by atoms with Gasteiger partial charge in [-0.3, -0.25) is 4.79 Å². The molecule has 1 atom stereocenters. The van der Waals surface area contributed by atoms with Crippen molar-refractivity contribution >= 4 is 40.0 Å². The number of benzene rings is 2. The smallest absolute Gasteiger partial charge is 0.341 e. The second-order valence-corrected chi connectivity index (χ2v) is 10.4. The van der Waals surface area contributed by atoms with Crippen molar-refractivity contribution in [3.63, 3.8) is 0 Å². The van der Waals surface area contributed by atoms with E-state index in [4.69, 9.17) is 9.47 Å². The zero-order valence-electron chi connectivity index (χ0n) is 21.6. The summed E-state index contributed by atoms with van der Waals surface area (Å²) in [4.78, 5) is 25.3. The third-order valence-electron chi connectivity index (χ3n) is 5.94. The van der Waals surface area contributed by atoms with Crippen LogP contribution in [0.25, 0.3) is 11.1 Å². The summed E-state index contributed by atoms with van der Waals surface area (Å²) >= 11 is 2.41. The molecule has 38 heavy (non-hydrogen) atoms. The summed E-state index contributed by atoms with van der Waals surface area (Å²) in [6, 6.07) is 11.7. The van der Waals surface area contributed by atoms with Gasteiger partial charge in [-0.15, -0.1) is 21.5 Å². The first kappa shape index (κ1) is 27.3. The minimum atomic E-state index is -0.593. The van der Waals surface area contributed by atoms with Gasteiger partial charge in [0.1, 0.15) is 22.1 Å². The van der Waals surface area contributed by atoms with E-state index in [-0.39, 0.29) is 29.1 Å². The standard InChI is InChI=1S/C27H27FN4O4S2/c1-15-6-11-20(12-16(15)2)36-17(3)24-30-31-27(32(24)4)38-14-22(33)29-25-23(26(34)35-5)21(13-37-25)18-7-9-19(28)10-8-18/h6-13,17H,14H2,1-5H3,(H,29,33). The molecule has 0 aliphatic rings. The topological polar surface area (TPSA) is 95.3 Å². The van der Waals surface area contributed by atoms with E-state index in [1.807, 2.05) is 46.0 Å². The van der Waals surface area contributed by atoms with Crippen LogP contribution in [0.2, 0.25) is 0 Å². The Morgan fingerprint density at radius 2 is 1.87 bits per heavy atom. The van der Waals surface area contributed by atoms with Crippen molar-refractivity contribution in [2.45, 2.75) is 32.0 Å². The summed E-state index contributed by atoms with van der Waals surface area (Å²) in [5, 5.41) is 13.9. The monoisotopic (exact) mass is 554 g/mol. The molecule has 4 aromatic rings. The van der Waals surface area contributed by atoms with E-state index < -0.39 is 5.97 Å². The average molecular weight is 555 g/mol. The number of anilines is 1. The van der Waals surface area contributed by atoms with Crippen LogP contribution in [0.4, 0.5) is 9.39 Å². The highest BCUT2D eigenvalue weighted by Crippen LogP contribution is 2.36. The van der Waals surface area contributed by atoms with Crippen molar-refractivity contribution in [1.29, 1.82) is 0 Å². The zero-order valence-corrected chi connectivity index (χ0v) is 23.2. The number of thioether (sulfide) groups is 1. The Bertz CT molecular complexity index is 1470. The number of amides is 1. The van der Waals surface area contributed by atoms with Gasteiger partial charge in [0.2, 0.25) is 5.91 Å². The second kappa shape index (κ2) is 11.8. The Labute approximate surface area is 228 Å². The van der Waals surface area contributed by atoms with Crippen molar-refractivity contribution in [3.8, 4) is 16.9 Å². The summed E-state index contributed by atoms with van der Waals surface area (Å²) < 4.78 is 26.1. The number of aromatic nitrogens is 3. The molecule has 0 saturated carbocycles. The van der Waals surface area contributed by atoms with E-state index >= 15 is 0 Å². The summed E-state index contributed by atoms with van der Waals surface area (Å²) in [6.45, 7) is 5.97. The first-order valence-electron chi connectivity index (χ1n) is 11.7. The highest BCUT2D eigenvalue weighted by molar-refractivity contribution is 7.99. The molecule has 1 amide bonds. The Morgan fingerprint density at radius 1 is 1.13 bits per heavy atom. The molecule has 1 N–H and O–H groups in total. The molecule has 11 heteroatoms. The number of hydrogen-bond donors (Lipinski definition) is 1. The first-order chi connectivity index (χ1) is 18.2. The van der Waals surface area contributed by atoms with Gasteiger partial charge in [0.25, 0.3) is 0 Å². The molecule has 2 aromatic heterocycles. The maximum Gasteiger partial charge on any atom is 0.341 e. The number of nitrogens with zero attached hydrogens (tertiary/aromatic N) is 3. The first-order valence-corrected chi connectivity index (χ1v) is 13.6. The molecular formula is C27H27FN4O4S2. The Hall–Kier alpha value is -3.70. The Morgan fingerprint density at radius 3 is 2.55 bits per heavy atom. The number of halogens is 1. The number of esters is 1. The normalized spacial score (nSPS) is 11.7. The molecule has 8 nitrogen and oxygen atoms in total. The fourth-order valence-corrected chi connectivity index (χ4v) is 5.43. The van der Waals surface area contributed by atoms with Crippen LogP contribution in [0.1, 0.15) is 40.3 Å². The van der Waals surface area contributed by atoms with E-state index in [1.165, 1.54) is 47.9 Å². The number of thiophene rings is 1. The van der Waals surface area contributed by atoms with Gasteiger partial charge in [0.05, 0.1) is 12.9 Å². The summed E-state index contributed by atoms with van der Waals surface area (Å²) in [7, 11) is 3.09. The van der Waals surface area contributed by atoms with E-state index in [0.29, 0.717) is 27.1 Å². The second-order valence-electron chi connectivity index (χ2n) is 8.59. The van der Waals surface area contributed by atoms with Crippen molar-refractivity contribution < 1.29 is 23.5 Å². The van der Waals surface area contributed by atoms with Crippen LogP contribution in [0, 0.1) is 19.7 Å². The fourth-order valence-electron chi connectivity index (χ4n) is 3.74. The average Bonchev–Trinajstić information content (AvgIpc) is 3.48. The number of methoxy groups -OCH3 is 1. The maximum atomic E-state index is 13.4. The molecule has 0 spiro atoms. The van der Waals surface area contributed by atoms with Crippen LogP contribution >= 0.6 is 23.1 Å². The van der Waals surface area contributed by atoms with Crippen molar-refractivity contribution in [1.82, 2.24) is 14.8 Å². The van der Waals surface area contributed by atoms with Crippen LogP contribution in [0.15, 0.2) is 53.0 Å². The summed E-state index contributed by atoms with van der Waals surface area (Å²) in [5.74, 6) is 0.118. The van der Waals surface area contributed by atoms with Crippen LogP contribution in [-0.2, 0) is 16.6 Å². The number of rotatable bonds is 9. The van der Waals surface area contributed by atoms with Crippen LogP contribution in [-0.4, -0.2) is 39.5 Å². The van der Waals surface area contributed by atoms with Gasteiger partial charge in [0.15, 0.2) is 17.1 Å². The largest absolute Gasteiger partial charge is 0.483 e. The molecule has 0 radical (unpaired) electrons. The van der Waals surface area contributed by atoms with Crippen LogP contribution in [0.3, 0.4) is 0 Å². The van der Waals surface area contributed by atoms with Crippen LogP contribution in [0.5, 0.6) is 5.75 Å². The molecule has 0 aliphatic heterocycles. The quantitative estimate of drug-likeness (QED) is 0.202. The van der Waals surface area contributed by atoms with E-state index in [9.17, 15) is 14.0 Å². The third kappa shape index (κ3) is 6.05. The minimum absolute atomic E-state index is 0.0444. The molecule has 2 aromatic carbocycles. The molecule has 0 aliphatic carbocycles. The van der Waals surface area contributed by atoms with Gasteiger partial charge in [-0.25, -0.2) is 9.18 Å². The molecule has 0 fully saturated rings. The molecule has 0 saturated heterocycles. The Balaban J connectivity index is 1.42. The number of hydrogen-bond acceptors (Lipinski definition) is 8. The van der Waals surface area contributed by atoms with E-state index in [1.54, 1.807) is 22.1 Å². The molecule has 1 unspecified atom stereocenters. The highest BCUT2D eigenvalue weighted by Gasteiger charge is 2.23. The van der Waals surface area contributed by atoms with Gasteiger partial charge >= 0.3 is 5.97 Å². The van der Waals surface area contributed by atoms with E-state index in [2.05, 4.69) is 15.5 Å².